The molecule has 3 heteroatoms. The Bertz CT molecular complexity index is 356. The molecule has 0 N–H and O–H groups in total. The van der Waals surface area contributed by atoms with Gasteiger partial charge in [-0.15, -0.1) is 16.6 Å². The van der Waals surface area contributed by atoms with E-state index in [9.17, 15) is 0 Å². The third-order valence-electron chi connectivity index (χ3n) is 1.45. The molecule has 0 fully saturated rings. The van der Waals surface area contributed by atoms with Crippen LogP contribution in [0.4, 0.5) is 0 Å². The van der Waals surface area contributed by atoms with Gasteiger partial charge in [-0.25, -0.2) is 6.92 Å². The van der Waals surface area contributed by atoms with Crippen LogP contribution in [0.25, 0.3) is 11.0 Å². The summed E-state index contributed by atoms with van der Waals surface area (Å²) < 4.78 is 4.94. The molecule has 0 unspecified atom stereocenters. The van der Waals surface area contributed by atoms with Crippen molar-refractivity contribution in [3.63, 3.8) is 0 Å². The Balaban J connectivity index is 0.000000451. The maximum Gasteiger partial charge on any atom is 3.00 e. The van der Waals surface area contributed by atoms with Crippen LogP contribution in [0.5, 0.6) is 0 Å². The molecule has 0 aliphatic rings. The quantitative estimate of drug-likeness (QED) is 0.672. The predicted octanol–water partition coefficient (Wildman–Crippen LogP) is 2.85. The molecule has 0 aliphatic heterocycles. The summed E-state index contributed by atoms with van der Waals surface area (Å²) in [5.74, 6) is 0. The molecular weight excluding hydrogens is 239 g/mol. The van der Waals surface area contributed by atoms with Gasteiger partial charge < -0.3 is 11.4 Å². The van der Waals surface area contributed by atoms with E-state index < -0.39 is 0 Å². The molecule has 64 valence electrons. The van der Waals surface area contributed by atoms with Crippen LogP contribution in [0.3, 0.4) is 0 Å². The SMILES string of the molecule is [CH2-]C.[CH2-]c1noc2ccccc12.[Y+3]. The van der Waals surface area contributed by atoms with E-state index in [0.29, 0.717) is 5.69 Å². The molecule has 0 saturated heterocycles. The summed E-state index contributed by atoms with van der Waals surface area (Å²) in [5, 5.41) is 4.70. The number of fused-ring (bicyclic) bond motifs is 1. The van der Waals surface area contributed by atoms with E-state index in [4.69, 9.17) is 4.52 Å². The Morgan fingerprint density at radius 3 is 2.46 bits per heavy atom. The predicted molar refractivity (Wildman–Crippen MR) is 49.5 cm³/mol. The maximum absolute atomic E-state index is 4.94. The fourth-order valence-electron chi connectivity index (χ4n) is 0.938. The minimum atomic E-state index is 0. The topological polar surface area (TPSA) is 26.0 Å². The number of aromatic nitrogens is 1. The molecule has 1 aromatic carbocycles. The van der Waals surface area contributed by atoms with Gasteiger partial charge in [-0.1, -0.05) is 17.8 Å². The largest absolute Gasteiger partial charge is 3.00 e. The second-order valence-corrected chi connectivity index (χ2v) is 2.13. The molecule has 0 saturated carbocycles. The van der Waals surface area contributed by atoms with Crippen LogP contribution in [0.1, 0.15) is 12.6 Å². The third kappa shape index (κ3) is 2.82. The second-order valence-electron chi connectivity index (χ2n) is 2.13. The van der Waals surface area contributed by atoms with Gasteiger partial charge in [0.2, 0.25) is 0 Å². The van der Waals surface area contributed by atoms with E-state index in [0.717, 1.165) is 11.0 Å². The van der Waals surface area contributed by atoms with Crippen LogP contribution in [-0.2, 0) is 32.7 Å². The summed E-state index contributed by atoms with van der Waals surface area (Å²) >= 11 is 0. The summed E-state index contributed by atoms with van der Waals surface area (Å²) in [6.07, 6.45) is 0. The number of nitrogens with zero attached hydrogens (tertiary/aromatic N) is 1. The van der Waals surface area contributed by atoms with Crippen molar-refractivity contribution in [2.45, 2.75) is 6.92 Å². The van der Waals surface area contributed by atoms with E-state index in [1.54, 1.807) is 6.92 Å². The van der Waals surface area contributed by atoms with Crippen LogP contribution in [0, 0.1) is 13.8 Å². The summed E-state index contributed by atoms with van der Waals surface area (Å²) in [4.78, 5) is 0. The molecule has 0 amide bonds. The van der Waals surface area contributed by atoms with Crippen molar-refractivity contribution in [3.8, 4) is 0 Å². The van der Waals surface area contributed by atoms with Crippen LogP contribution < -0.4 is 0 Å². The normalized spacial score (nSPS) is 8.46. The first kappa shape index (κ1) is 12.7. The first-order valence-electron chi connectivity index (χ1n) is 3.75. The van der Waals surface area contributed by atoms with Crippen molar-refractivity contribution in [2.75, 3.05) is 0 Å². The van der Waals surface area contributed by atoms with Crippen LogP contribution >= 0.6 is 0 Å². The van der Waals surface area contributed by atoms with Gasteiger partial charge in [-0.2, -0.15) is 6.92 Å². The molecule has 2 rings (SSSR count). The van der Waals surface area contributed by atoms with E-state index in [1.165, 1.54) is 0 Å². The van der Waals surface area contributed by atoms with Gasteiger partial charge >= 0.3 is 32.7 Å². The maximum atomic E-state index is 4.94. The van der Waals surface area contributed by atoms with Gasteiger partial charge in [-0.3, -0.25) is 0 Å². The van der Waals surface area contributed by atoms with Gasteiger partial charge in [-0.05, 0) is 6.07 Å². The zero-order valence-corrected chi connectivity index (χ0v) is 10.5. The van der Waals surface area contributed by atoms with Crippen LogP contribution in [0.2, 0.25) is 0 Å². The monoisotopic (exact) mass is 250 g/mol. The molecule has 2 aromatic rings. The number of benzene rings is 1. The molecule has 1 aromatic heterocycles. The van der Waals surface area contributed by atoms with E-state index >= 15 is 0 Å². The van der Waals surface area contributed by atoms with Crippen molar-refractivity contribution in [3.05, 3.63) is 43.8 Å². The summed E-state index contributed by atoms with van der Waals surface area (Å²) in [6.45, 7) is 8.70. The van der Waals surface area contributed by atoms with Crippen molar-refractivity contribution in [1.82, 2.24) is 5.16 Å². The van der Waals surface area contributed by atoms with Gasteiger partial charge in [0.15, 0.2) is 0 Å². The average molecular weight is 250 g/mol. The minimum Gasteiger partial charge on any atom is -0.378 e. The molecule has 0 spiro atoms. The fraction of sp³-hybridized carbons (Fsp3) is 0.100. The molecule has 1 heterocycles. The Morgan fingerprint density at radius 1 is 1.23 bits per heavy atom. The van der Waals surface area contributed by atoms with Crippen molar-refractivity contribution < 1.29 is 37.2 Å². The average Bonchev–Trinajstić information content (AvgIpc) is 2.53. The molecule has 0 radical (unpaired) electrons. The molecular formula is C10H11NOY+. The van der Waals surface area contributed by atoms with Crippen molar-refractivity contribution >= 4 is 11.0 Å². The third-order valence-corrected chi connectivity index (χ3v) is 1.45. The van der Waals surface area contributed by atoms with Crippen molar-refractivity contribution in [2.24, 2.45) is 0 Å². The number of hydrogen-bond acceptors (Lipinski definition) is 2. The Hall–Kier alpha value is -0.336. The standard InChI is InChI=1S/C8H6NO.C2H5.Y/c1-6-7-4-2-3-5-8(7)10-9-6;1-2;/h2-5H,1H2;1H2,2H3;/q2*-1;+3. The van der Waals surface area contributed by atoms with Crippen LogP contribution in [-0.4, -0.2) is 5.16 Å². The Kier molecular flexibility index (Phi) is 6.01. The second kappa shape index (κ2) is 6.17. The Morgan fingerprint density at radius 2 is 1.85 bits per heavy atom. The van der Waals surface area contributed by atoms with E-state index in [1.807, 2.05) is 24.3 Å². The fourth-order valence-corrected chi connectivity index (χ4v) is 0.938. The Labute approximate surface area is 104 Å². The molecule has 0 aliphatic carbocycles. The summed E-state index contributed by atoms with van der Waals surface area (Å²) in [6, 6.07) is 7.66. The first-order chi connectivity index (χ1) is 5.88. The van der Waals surface area contributed by atoms with Crippen molar-refractivity contribution in [1.29, 1.82) is 0 Å². The van der Waals surface area contributed by atoms with Crippen LogP contribution in [0.15, 0.2) is 28.8 Å². The number of rotatable bonds is 0. The minimum absolute atomic E-state index is 0. The smallest absolute Gasteiger partial charge is 0.378 e. The molecule has 2 nitrogen and oxygen atoms in total. The summed E-state index contributed by atoms with van der Waals surface area (Å²) in [7, 11) is 0. The van der Waals surface area contributed by atoms with Gasteiger partial charge in [0.1, 0.15) is 0 Å². The number of hydrogen-bond donors (Lipinski definition) is 0. The summed E-state index contributed by atoms with van der Waals surface area (Å²) in [5.41, 5.74) is 1.50. The zero-order chi connectivity index (χ0) is 8.97. The van der Waals surface area contributed by atoms with Gasteiger partial charge in [0, 0.05) is 0 Å². The molecule has 13 heavy (non-hydrogen) atoms. The molecule has 0 bridgehead atoms. The molecule has 0 atom stereocenters. The van der Waals surface area contributed by atoms with E-state index in [2.05, 4.69) is 19.0 Å². The number of para-hydroxylation sites is 1. The van der Waals surface area contributed by atoms with Gasteiger partial charge in [0.25, 0.3) is 0 Å². The van der Waals surface area contributed by atoms with E-state index in [-0.39, 0.29) is 32.7 Å². The zero-order valence-electron chi connectivity index (χ0n) is 7.66. The first-order valence-corrected chi connectivity index (χ1v) is 3.75. The van der Waals surface area contributed by atoms with Gasteiger partial charge in [0.05, 0.1) is 5.58 Å².